The predicted octanol–water partition coefficient (Wildman–Crippen LogP) is 5.04. The van der Waals surface area contributed by atoms with Crippen molar-refractivity contribution in [2.45, 2.75) is 32.4 Å². The van der Waals surface area contributed by atoms with Gasteiger partial charge in [-0.1, -0.05) is 35.0 Å². The Bertz CT molecular complexity index is 1010. The van der Waals surface area contributed by atoms with Crippen molar-refractivity contribution in [3.8, 4) is 17.1 Å². The van der Waals surface area contributed by atoms with E-state index in [0.29, 0.717) is 23.6 Å². The Morgan fingerprint density at radius 1 is 1.24 bits per heavy atom. The zero-order valence-electron chi connectivity index (χ0n) is 16.3. The molecule has 1 aromatic heterocycles. The van der Waals surface area contributed by atoms with E-state index in [1.54, 1.807) is 7.11 Å². The lowest BCUT2D eigenvalue weighted by Crippen LogP contribution is -2.29. The Morgan fingerprint density at radius 2 is 1.93 bits per heavy atom. The summed E-state index contributed by atoms with van der Waals surface area (Å²) in [5.74, 6) is 1.45. The number of carbonyl (C=O) groups excluding carboxylic acids is 1. The maximum Gasteiger partial charge on any atom is 0.222 e. The molecule has 1 unspecified atom stereocenters. The summed E-state index contributed by atoms with van der Waals surface area (Å²) in [6.07, 6.45) is 1.12. The summed E-state index contributed by atoms with van der Waals surface area (Å²) in [5.41, 5.74) is 1.99. The fraction of sp³-hybridized carbons (Fsp3) is 0.286. The molecule has 0 aliphatic heterocycles. The van der Waals surface area contributed by atoms with E-state index in [9.17, 15) is 4.79 Å². The summed E-state index contributed by atoms with van der Waals surface area (Å²) in [6.45, 7) is 2.50. The van der Waals surface area contributed by atoms with E-state index >= 15 is 0 Å². The second-order valence-corrected chi connectivity index (χ2v) is 7.86. The predicted molar refractivity (Wildman–Crippen MR) is 119 cm³/mol. The number of carbonyl (C=O) groups is 1. The molecule has 0 bridgehead atoms. The van der Waals surface area contributed by atoms with E-state index in [4.69, 9.17) is 17.0 Å². The van der Waals surface area contributed by atoms with Crippen LogP contribution in [0, 0.1) is 4.77 Å². The van der Waals surface area contributed by atoms with Crippen LogP contribution in [0.3, 0.4) is 0 Å². The number of hydrogen-bond donors (Lipinski definition) is 2. The number of benzene rings is 2. The smallest absolute Gasteiger partial charge is 0.222 e. The molecule has 0 saturated carbocycles. The van der Waals surface area contributed by atoms with Crippen molar-refractivity contribution in [2.24, 2.45) is 0 Å². The number of methoxy groups -OCH3 is 1. The van der Waals surface area contributed by atoms with Gasteiger partial charge < -0.3 is 10.1 Å². The van der Waals surface area contributed by atoms with Crippen LogP contribution in [-0.4, -0.2) is 27.8 Å². The first-order valence-corrected chi connectivity index (χ1v) is 10.6. The third-order valence-electron chi connectivity index (χ3n) is 4.68. The molecule has 1 amide bonds. The average molecular weight is 475 g/mol. The van der Waals surface area contributed by atoms with Gasteiger partial charge in [0.15, 0.2) is 10.6 Å². The lowest BCUT2D eigenvalue weighted by atomic mass is 10.0. The molecule has 29 heavy (non-hydrogen) atoms. The second-order valence-electron chi connectivity index (χ2n) is 6.56. The van der Waals surface area contributed by atoms with Crippen LogP contribution in [0.5, 0.6) is 5.75 Å². The van der Waals surface area contributed by atoms with Crippen LogP contribution >= 0.6 is 28.1 Å². The highest BCUT2D eigenvalue weighted by Crippen LogP contribution is 2.22. The minimum atomic E-state index is -0.0245. The highest BCUT2D eigenvalue weighted by molar-refractivity contribution is 9.10. The lowest BCUT2D eigenvalue weighted by Gasteiger charge is -2.18. The SMILES string of the molecule is CCC(NC(=O)CCn1c(-c2ccc(OC)cc2)n[nH]c1=S)c1ccc(Br)cc1. The largest absolute Gasteiger partial charge is 0.497 e. The van der Waals surface area contributed by atoms with E-state index in [0.717, 1.165) is 27.8 Å². The van der Waals surface area contributed by atoms with Crippen molar-refractivity contribution in [2.75, 3.05) is 7.11 Å². The molecule has 0 fully saturated rings. The lowest BCUT2D eigenvalue weighted by molar-refractivity contribution is -0.122. The summed E-state index contributed by atoms with van der Waals surface area (Å²) in [6, 6.07) is 15.6. The van der Waals surface area contributed by atoms with Gasteiger partial charge in [-0.2, -0.15) is 5.10 Å². The van der Waals surface area contributed by atoms with Gasteiger partial charge in [0.2, 0.25) is 5.91 Å². The maximum absolute atomic E-state index is 12.6. The van der Waals surface area contributed by atoms with Gasteiger partial charge in [-0.05, 0) is 60.6 Å². The number of aromatic amines is 1. The molecule has 6 nitrogen and oxygen atoms in total. The number of ether oxygens (including phenoxy) is 1. The van der Waals surface area contributed by atoms with Gasteiger partial charge in [0.1, 0.15) is 5.75 Å². The number of aromatic nitrogens is 3. The van der Waals surface area contributed by atoms with Crippen LogP contribution in [0.4, 0.5) is 0 Å². The van der Waals surface area contributed by atoms with Gasteiger partial charge in [0.25, 0.3) is 0 Å². The Hall–Kier alpha value is -2.45. The molecule has 3 rings (SSSR count). The average Bonchev–Trinajstić information content (AvgIpc) is 3.11. The number of H-pyrrole nitrogens is 1. The summed E-state index contributed by atoms with van der Waals surface area (Å²) in [5, 5.41) is 10.3. The summed E-state index contributed by atoms with van der Waals surface area (Å²) < 4.78 is 8.55. The number of hydrogen-bond acceptors (Lipinski definition) is 4. The number of nitrogens with zero attached hydrogens (tertiary/aromatic N) is 2. The molecule has 0 saturated heterocycles. The zero-order chi connectivity index (χ0) is 20.8. The van der Waals surface area contributed by atoms with Gasteiger partial charge in [-0.25, -0.2) is 0 Å². The molecule has 1 atom stereocenters. The zero-order valence-corrected chi connectivity index (χ0v) is 18.7. The number of amides is 1. The quantitative estimate of drug-likeness (QED) is 0.448. The van der Waals surface area contributed by atoms with E-state index in [2.05, 4.69) is 38.4 Å². The van der Waals surface area contributed by atoms with Crippen LogP contribution in [0.25, 0.3) is 11.4 Å². The van der Waals surface area contributed by atoms with Crippen LogP contribution < -0.4 is 10.1 Å². The highest BCUT2D eigenvalue weighted by atomic mass is 79.9. The van der Waals surface area contributed by atoms with Gasteiger partial charge in [-0.15, -0.1) is 0 Å². The molecule has 1 heterocycles. The molecule has 152 valence electrons. The molecule has 8 heteroatoms. The van der Waals surface area contributed by atoms with E-state index < -0.39 is 0 Å². The van der Waals surface area contributed by atoms with Crippen molar-refractivity contribution in [1.82, 2.24) is 20.1 Å². The minimum Gasteiger partial charge on any atom is -0.497 e. The molecule has 0 aliphatic carbocycles. The highest BCUT2D eigenvalue weighted by Gasteiger charge is 2.15. The van der Waals surface area contributed by atoms with Crippen molar-refractivity contribution in [3.63, 3.8) is 0 Å². The van der Waals surface area contributed by atoms with Crippen molar-refractivity contribution in [3.05, 3.63) is 63.3 Å². The monoisotopic (exact) mass is 474 g/mol. The van der Waals surface area contributed by atoms with Crippen LogP contribution in [-0.2, 0) is 11.3 Å². The Kier molecular flexibility index (Phi) is 7.22. The molecular formula is C21H23BrN4O2S. The Morgan fingerprint density at radius 3 is 2.55 bits per heavy atom. The molecule has 0 spiro atoms. The van der Waals surface area contributed by atoms with Crippen LogP contribution in [0.15, 0.2) is 53.0 Å². The molecule has 2 N–H and O–H groups in total. The number of nitrogens with one attached hydrogen (secondary N) is 2. The maximum atomic E-state index is 12.6. The molecule has 2 aromatic carbocycles. The fourth-order valence-corrected chi connectivity index (χ4v) is 3.57. The molecule has 0 aliphatic rings. The Balaban J connectivity index is 1.67. The molecular weight excluding hydrogens is 452 g/mol. The third kappa shape index (κ3) is 5.33. The van der Waals surface area contributed by atoms with Gasteiger partial charge in [0.05, 0.1) is 13.2 Å². The van der Waals surface area contributed by atoms with Gasteiger partial charge >= 0.3 is 0 Å². The van der Waals surface area contributed by atoms with Crippen LogP contribution in [0.1, 0.15) is 31.4 Å². The summed E-state index contributed by atoms with van der Waals surface area (Å²) in [7, 11) is 1.63. The van der Waals surface area contributed by atoms with E-state index in [-0.39, 0.29) is 11.9 Å². The Labute approximate surface area is 183 Å². The topological polar surface area (TPSA) is 71.9 Å². The second kappa shape index (κ2) is 9.84. The minimum absolute atomic E-state index is 0.0195. The van der Waals surface area contributed by atoms with Gasteiger partial charge in [0, 0.05) is 23.0 Å². The molecule has 0 radical (unpaired) electrons. The van der Waals surface area contributed by atoms with Crippen molar-refractivity contribution >= 4 is 34.1 Å². The van der Waals surface area contributed by atoms with Crippen molar-refractivity contribution in [1.29, 1.82) is 0 Å². The van der Waals surface area contributed by atoms with Gasteiger partial charge in [-0.3, -0.25) is 14.5 Å². The first kappa shape index (κ1) is 21.3. The first-order chi connectivity index (χ1) is 14.0. The number of rotatable bonds is 8. The first-order valence-electron chi connectivity index (χ1n) is 9.36. The normalized spacial score (nSPS) is 11.8. The fourth-order valence-electron chi connectivity index (χ4n) is 3.08. The van der Waals surface area contributed by atoms with Crippen LogP contribution in [0.2, 0.25) is 0 Å². The van der Waals surface area contributed by atoms with E-state index in [1.165, 1.54) is 0 Å². The summed E-state index contributed by atoms with van der Waals surface area (Å²) in [4.78, 5) is 12.6. The summed E-state index contributed by atoms with van der Waals surface area (Å²) >= 11 is 8.80. The van der Waals surface area contributed by atoms with Crippen molar-refractivity contribution < 1.29 is 9.53 Å². The van der Waals surface area contributed by atoms with E-state index in [1.807, 2.05) is 53.1 Å². The molecule has 3 aromatic rings. The third-order valence-corrected chi connectivity index (χ3v) is 5.53. The standard InChI is InChI=1S/C21H23BrN4O2S/c1-3-18(14-4-8-16(22)9-5-14)23-19(27)12-13-26-20(24-25-21(26)29)15-6-10-17(28-2)11-7-15/h4-11,18H,3,12-13H2,1-2H3,(H,23,27)(H,25,29). The number of halogens is 1.